The number of hydrogen-bond acceptors (Lipinski definition) is 4. The van der Waals surface area contributed by atoms with Crippen molar-refractivity contribution in [2.75, 3.05) is 27.3 Å². The van der Waals surface area contributed by atoms with E-state index in [1.807, 2.05) is 12.1 Å². The minimum atomic E-state index is 0.0413. The van der Waals surface area contributed by atoms with E-state index in [0.29, 0.717) is 11.5 Å². The summed E-state index contributed by atoms with van der Waals surface area (Å²) in [6.45, 7) is 2.11. The van der Waals surface area contributed by atoms with Gasteiger partial charge in [0.1, 0.15) is 0 Å². The molecule has 4 nitrogen and oxygen atoms in total. The Labute approximate surface area is 132 Å². The molecular weight excluding hydrogens is 278 g/mol. The number of ether oxygens (including phenoxy) is 2. The van der Waals surface area contributed by atoms with Crippen LogP contribution in [0.1, 0.15) is 48.0 Å². The molecule has 1 heterocycles. The van der Waals surface area contributed by atoms with Crippen LogP contribution in [0.3, 0.4) is 0 Å². The zero-order valence-corrected chi connectivity index (χ0v) is 13.6. The first-order chi connectivity index (χ1) is 10.7. The Morgan fingerprint density at radius 3 is 2.36 bits per heavy atom. The monoisotopic (exact) mass is 303 g/mol. The number of rotatable bonds is 3. The average molecular weight is 303 g/mol. The number of likely N-dealkylation sites (tertiary alicyclic amines) is 1. The van der Waals surface area contributed by atoms with Crippen LogP contribution in [0.4, 0.5) is 0 Å². The summed E-state index contributed by atoms with van der Waals surface area (Å²) in [5, 5.41) is 0. The fourth-order valence-electron chi connectivity index (χ4n) is 3.73. The first-order valence-electron chi connectivity index (χ1n) is 8.27. The standard InChI is InChI=1S/C18H25NO3/c1-21-16-11-13-7-6-8-15(19-9-4-3-5-10-19)18(20)14(13)12-17(16)22-2/h11-12,15H,3-10H2,1-2H3/t15-/m1/s1. The van der Waals surface area contributed by atoms with E-state index in [1.54, 1.807) is 14.2 Å². The number of nitrogens with zero attached hydrogens (tertiary/aromatic N) is 1. The Bertz CT molecular complexity index is 550. The number of benzene rings is 1. The third-order valence-electron chi connectivity index (χ3n) is 4.93. The lowest BCUT2D eigenvalue weighted by Gasteiger charge is -2.33. The maximum absolute atomic E-state index is 13.1. The summed E-state index contributed by atoms with van der Waals surface area (Å²) in [6.07, 6.45) is 6.66. The molecule has 0 spiro atoms. The van der Waals surface area contributed by atoms with Crippen LogP contribution in [0.5, 0.6) is 11.5 Å². The van der Waals surface area contributed by atoms with Gasteiger partial charge in [-0.05, 0) is 62.9 Å². The van der Waals surface area contributed by atoms with Gasteiger partial charge in [-0.3, -0.25) is 9.69 Å². The van der Waals surface area contributed by atoms with Gasteiger partial charge in [0, 0.05) is 5.56 Å². The number of methoxy groups -OCH3 is 2. The van der Waals surface area contributed by atoms with Crippen LogP contribution in [0.2, 0.25) is 0 Å². The van der Waals surface area contributed by atoms with Crippen molar-refractivity contribution in [1.29, 1.82) is 0 Å². The molecule has 0 saturated carbocycles. The van der Waals surface area contributed by atoms with E-state index in [2.05, 4.69) is 4.90 Å². The molecule has 1 saturated heterocycles. The molecule has 1 aromatic carbocycles. The summed E-state index contributed by atoms with van der Waals surface area (Å²) in [7, 11) is 3.26. The van der Waals surface area contributed by atoms with Crippen molar-refractivity contribution in [3.05, 3.63) is 23.3 Å². The summed E-state index contributed by atoms with van der Waals surface area (Å²) in [4.78, 5) is 15.5. The molecule has 0 N–H and O–H groups in total. The van der Waals surface area contributed by atoms with Crippen LogP contribution in [-0.2, 0) is 6.42 Å². The van der Waals surface area contributed by atoms with Crippen LogP contribution in [0.15, 0.2) is 12.1 Å². The minimum absolute atomic E-state index is 0.0413. The highest BCUT2D eigenvalue weighted by molar-refractivity contribution is 6.02. The molecule has 22 heavy (non-hydrogen) atoms. The molecule has 1 aliphatic heterocycles. The predicted octanol–water partition coefficient (Wildman–Crippen LogP) is 3.08. The molecule has 1 atom stereocenters. The Balaban J connectivity index is 1.94. The molecule has 0 unspecified atom stereocenters. The molecule has 120 valence electrons. The highest BCUT2D eigenvalue weighted by Gasteiger charge is 2.31. The summed E-state index contributed by atoms with van der Waals surface area (Å²) < 4.78 is 10.8. The van der Waals surface area contributed by atoms with Crippen LogP contribution in [0, 0.1) is 0 Å². The van der Waals surface area contributed by atoms with Gasteiger partial charge in [-0.15, -0.1) is 0 Å². The number of aryl methyl sites for hydroxylation is 1. The molecule has 2 aliphatic rings. The smallest absolute Gasteiger partial charge is 0.180 e. The lowest BCUT2D eigenvalue weighted by molar-refractivity contribution is 0.0772. The number of piperidine rings is 1. The summed E-state index contributed by atoms with van der Waals surface area (Å²) in [5.74, 6) is 1.62. The molecule has 0 bridgehead atoms. The predicted molar refractivity (Wildman–Crippen MR) is 86.0 cm³/mol. The highest BCUT2D eigenvalue weighted by atomic mass is 16.5. The Morgan fingerprint density at radius 1 is 1.00 bits per heavy atom. The van der Waals surface area contributed by atoms with Gasteiger partial charge < -0.3 is 9.47 Å². The molecule has 1 aliphatic carbocycles. The van der Waals surface area contributed by atoms with Gasteiger partial charge in [0.25, 0.3) is 0 Å². The number of carbonyl (C=O) groups is 1. The van der Waals surface area contributed by atoms with E-state index >= 15 is 0 Å². The average Bonchev–Trinajstić information content (AvgIpc) is 2.73. The normalized spacial score (nSPS) is 22.8. The van der Waals surface area contributed by atoms with Crippen LogP contribution in [-0.4, -0.2) is 44.0 Å². The van der Waals surface area contributed by atoms with Crippen LogP contribution < -0.4 is 9.47 Å². The van der Waals surface area contributed by atoms with E-state index in [4.69, 9.17) is 9.47 Å². The highest BCUT2D eigenvalue weighted by Crippen LogP contribution is 2.34. The second kappa shape index (κ2) is 6.69. The maximum Gasteiger partial charge on any atom is 0.180 e. The van der Waals surface area contributed by atoms with Crippen molar-refractivity contribution >= 4 is 5.78 Å². The van der Waals surface area contributed by atoms with Gasteiger partial charge in [0.2, 0.25) is 0 Å². The molecule has 4 heteroatoms. The van der Waals surface area contributed by atoms with Gasteiger partial charge >= 0.3 is 0 Å². The van der Waals surface area contributed by atoms with Crippen molar-refractivity contribution in [2.24, 2.45) is 0 Å². The van der Waals surface area contributed by atoms with Gasteiger partial charge in [-0.25, -0.2) is 0 Å². The largest absolute Gasteiger partial charge is 0.493 e. The number of fused-ring (bicyclic) bond motifs is 1. The fourth-order valence-corrected chi connectivity index (χ4v) is 3.73. The van der Waals surface area contributed by atoms with Crippen LogP contribution >= 0.6 is 0 Å². The third-order valence-corrected chi connectivity index (χ3v) is 4.93. The lowest BCUT2D eigenvalue weighted by Crippen LogP contribution is -2.43. The van der Waals surface area contributed by atoms with Gasteiger partial charge in [0.15, 0.2) is 17.3 Å². The summed E-state index contributed by atoms with van der Waals surface area (Å²) in [6, 6.07) is 3.89. The second-order valence-electron chi connectivity index (χ2n) is 6.23. The van der Waals surface area contributed by atoms with Gasteiger partial charge in [0.05, 0.1) is 20.3 Å². The first-order valence-corrected chi connectivity index (χ1v) is 8.27. The molecule has 1 fully saturated rings. The number of carbonyl (C=O) groups excluding carboxylic acids is 1. The van der Waals surface area contributed by atoms with E-state index < -0.39 is 0 Å². The van der Waals surface area contributed by atoms with Gasteiger partial charge in [-0.1, -0.05) is 6.42 Å². The van der Waals surface area contributed by atoms with E-state index in [1.165, 1.54) is 19.3 Å². The second-order valence-corrected chi connectivity index (χ2v) is 6.23. The maximum atomic E-state index is 13.1. The third kappa shape index (κ3) is 2.84. The van der Waals surface area contributed by atoms with Crippen molar-refractivity contribution in [1.82, 2.24) is 4.90 Å². The molecule has 1 aromatic rings. The van der Waals surface area contributed by atoms with Crippen LogP contribution in [0.25, 0.3) is 0 Å². The fraction of sp³-hybridized carbons (Fsp3) is 0.611. The number of hydrogen-bond donors (Lipinski definition) is 0. The van der Waals surface area contributed by atoms with E-state index in [-0.39, 0.29) is 11.8 Å². The number of Topliss-reactive ketones (excluding diaryl/α,β-unsaturated/α-hetero) is 1. The molecule has 3 rings (SSSR count). The van der Waals surface area contributed by atoms with Crippen molar-refractivity contribution < 1.29 is 14.3 Å². The topological polar surface area (TPSA) is 38.8 Å². The SMILES string of the molecule is COc1cc2c(cc1OC)C(=O)[C@H](N1CCCCC1)CCC2. The first kappa shape index (κ1) is 15.3. The van der Waals surface area contributed by atoms with Crippen molar-refractivity contribution in [3.63, 3.8) is 0 Å². The lowest BCUT2D eigenvalue weighted by atomic mass is 9.97. The quantitative estimate of drug-likeness (QED) is 0.804. The molecule has 0 aromatic heterocycles. The summed E-state index contributed by atoms with van der Waals surface area (Å²) in [5.41, 5.74) is 1.92. The van der Waals surface area contributed by atoms with Gasteiger partial charge in [-0.2, -0.15) is 0 Å². The zero-order chi connectivity index (χ0) is 15.5. The Kier molecular flexibility index (Phi) is 4.67. The minimum Gasteiger partial charge on any atom is -0.493 e. The molecule has 0 radical (unpaired) electrons. The molecule has 0 amide bonds. The Hall–Kier alpha value is -1.55. The van der Waals surface area contributed by atoms with E-state index in [0.717, 1.165) is 43.5 Å². The van der Waals surface area contributed by atoms with E-state index in [9.17, 15) is 4.79 Å². The summed E-state index contributed by atoms with van der Waals surface area (Å²) >= 11 is 0. The number of ketones is 1. The Morgan fingerprint density at radius 2 is 1.68 bits per heavy atom. The van der Waals surface area contributed by atoms with Crippen molar-refractivity contribution in [2.45, 2.75) is 44.6 Å². The molecular formula is C18H25NO3. The van der Waals surface area contributed by atoms with Crippen molar-refractivity contribution in [3.8, 4) is 11.5 Å². The zero-order valence-electron chi connectivity index (χ0n) is 13.6.